The van der Waals surface area contributed by atoms with Gasteiger partial charge >= 0.3 is 0 Å². The van der Waals surface area contributed by atoms with Gasteiger partial charge in [-0.15, -0.1) is 0 Å². The summed E-state index contributed by atoms with van der Waals surface area (Å²) in [5.41, 5.74) is 2.47. The zero-order chi connectivity index (χ0) is 17.2. The van der Waals surface area contributed by atoms with Crippen molar-refractivity contribution in [2.45, 2.75) is 38.4 Å². The summed E-state index contributed by atoms with van der Waals surface area (Å²) in [6.45, 7) is 4.23. The Morgan fingerprint density at radius 2 is 1.96 bits per heavy atom. The van der Waals surface area contributed by atoms with Crippen LogP contribution in [0.4, 0.5) is 5.69 Å². The Labute approximate surface area is 146 Å². The van der Waals surface area contributed by atoms with E-state index in [0.29, 0.717) is 5.76 Å². The largest absolute Gasteiger partial charge is 0.487 e. The molecule has 1 N–H and O–H groups in total. The number of benzene rings is 2. The highest BCUT2D eigenvalue weighted by atomic mass is 16.5. The molecule has 0 spiro atoms. The standard InChI is InChI=1S/C21H19NO3/c1-21(2)10-9-15-19(25-21)14-6-4-3-5-13(14)18-20(15)24-17-11-12(23)7-8-16(17)22-18/h3-8,11-12,23H,9-10H2,1-2H3. The Kier molecular flexibility index (Phi) is 2.92. The third-order valence-electron chi connectivity index (χ3n) is 5.02. The van der Waals surface area contributed by atoms with Crippen molar-refractivity contribution >= 4 is 22.2 Å². The molecule has 0 fully saturated rings. The molecule has 2 aromatic rings. The van der Waals surface area contributed by atoms with E-state index in [1.54, 1.807) is 12.2 Å². The van der Waals surface area contributed by atoms with Crippen molar-refractivity contribution in [3.05, 3.63) is 53.8 Å². The molecular formula is C21H19NO3. The summed E-state index contributed by atoms with van der Waals surface area (Å²) in [6, 6.07) is 8.18. The molecular weight excluding hydrogens is 314 g/mol. The smallest absolute Gasteiger partial charge is 0.160 e. The van der Waals surface area contributed by atoms with Gasteiger partial charge in [0.1, 0.15) is 22.7 Å². The number of aliphatic imine (C=N–C) groups is 1. The SMILES string of the molecule is CC1(C)CCc2c3c(c4ccccc4c2O1)N=C1C=CC(O)C=C1O3. The fourth-order valence-corrected chi connectivity index (χ4v) is 3.71. The highest BCUT2D eigenvalue weighted by molar-refractivity contribution is 6.14. The molecule has 2 heterocycles. The maximum atomic E-state index is 9.85. The van der Waals surface area contributed by atoms with Gasteiger partial charge in [-0.1, -0.05) is 24.3 Å². The molecule has 25 heavy (non-hydrogen) atoms. The van der Waals surface area contributed by atoms with Gasteiger partial charge in [-0.3, -0.25) is 0 Å². The van der Waals surface area contributed by atoms with Crippen LogP contribution in [0, 0.1) is 0 Å². The number of fused-ring (bicyclic) bond motifs is 7. The van der Waals surface area contributed by atoms with Crippen molar-refractivity contribution in [1.29, 1.82) is 0 Å². The third-order valence-corrected chi connectivity index (χ3v) is 5.02. The van der Waals surface area contributed by atoms with E-state index in [1.165, 1.54) is 0 Å². The molecule has 4 nitrogen and oxygen atoms in total. The lowest BCUT2D eigenvalue weighted by Gasteiger charge is -2.35. The molecule has 4 heteroatoms. The van der Waals surface area contributed by atoms with Gasteiger partial charge in [0.2, 0.25) is 0 Å². The summed E-state index contributed by atoms with van der Waals surface area (Å²) < 4.78 is 12.6. The van der Waals surface area contributed by atoms with Crippen LogP contribution in [0.5, 0.6) is 11.5 Å². The molecule has 1 unspecified atom stereocenters. The monoisotopic (exact) mass is 333 g/mol. The molecule has 0 amide bonds. The predicted molar refractivity (Wildman–Crippen MR) is 97.9 cm³/mol. The molecule has 0 saturated carbocycles. The van der Waals surface area contributed by atoms with E-state index in [1.807, 2.05) is 18.2 Å². The number of allylic oxidation sites excluding steroid dienone is 1. The van der Waals surface area contributed by atoms with Gasteiger partial charge in [-0.05, 0) is 44.9 Å². The second-order valence-corrected chi connectivity index (χ2v) is 7.37. The number of hydrogen-bond acceptors (Lipinski definition) is 4. The normalized spacial score (nSPS) is 22.8. The molecule has 2 aliphatic heterocycles. The zero-order valence-electron chi connectivity index (χ0n) is 14.2. The van der Waals surface area contributed by atoms with E-state index >= 15 is 0 Å². The second kappa shape index (κ2) is 4.96. The topological polar surface area (TPSA) is 51.0 Å². The first-order valence-corrected chi connectivity index (χ1v) is 8.63. The highest BCUT2D eigenvalue weighted by Gasteiger charge is 2.34. The lowest BCUT2D eigenvalue weighted by molar-refractivity contribution is 0.0860. The zero-order valence-corrected chi connectivity index (χ0v) is 14.2. The van der Waals surface area contributed by atoms with Gasteiger partial charge in [0.25, 0.3) is 0 Å². The van der Waals surface area contributed by atoms with E-state index in [2.05, 4.69) is 26.0 Å². The molecule has 1 aliphatic carbocycles. The van der Waals surface area contributed by atoms with Crippen LogP contribution < -0.4 is 9.47 Å². The Morgan fingerprint density at radius 1 is 1.16 bits per heavy atom. The van der Waals surface area contributed by atoms with E-state index < -0.39 is 6.10 Å². The van der Waals surface area contributed by atoms with Gasteiger partial charge in [0.15, 0.2) is 11.5 Å². The lowest BCUT2D eigenvalue weighted by atomic mass is 9.90. The van der Waals surface area contributed by atoms with E-state index in [4.69, 9.17) is 14.5 Å². The first-order valence-electron chi connectivity index (χ1n) is 8.63. The van der Waals surface area contributed by atoms with Crippen molar-refractivity contribution in [3.63, 3.8) is 0 Å². The number of nitrogens with zero attached hydrogens (tertiary/aromatic N) is 1. The quantitative estimate of drug-likeness (QED) is 0.785. The first-order chi connectivity index (χ1) is 12.0. The van der Waals surface area contributed by atoms with Crippen LogP contribution in [0.3, 0.4) is 0 Å². The van der Waals surface area contributed by atoms with Gasteiger partial charge in [0.05, 0.1) is 6.10 Å². The van der Waals surface area contributed by atoms with Gasteiger partial charge in [0, 0.05) is 16.3 Å². The molecule has 1 atom stereocenters. The highest BCUT2D eigenvalue weighted by Crippen LogP contribution is 2.52. The first kappa shape index (κ1) is 14.7. The summed E-state index contributed by atoms with van der Waals surface area (Å²) in [5.74, 6) is 2.28. The van der Waals surface area contributed by atoms with Crippen LogP contribution in [0.2, 0.25) is 0 Å². The fourth-order valence-electron chi connectivity index (χ4n) is 3.71. The number of ether oxygens (including phenoxy) is 2. The van der Waals surface area contributed by atoms with E-state index in [-0.39, 0.29) is 5.60 Å². The summed E-state index contributed by atoms with van der Waals surface area (Å²) >= 11 is 0. The minimum atomic E-state index is -0.637. The Bertz CT molecular complexity index is 998. The van der Waals surface area contributed by atoms with Crippen LogP contribution in [-0.4, -0.2) is 22.5 Å². The molecule has 0 aromatic heterocycles. The van der Waals surface area contributed by atoms with Crippen molar-refractivity contribution in [1.82, 2.24) is 0 Å². The molecule has 0 bridgehead atoms. The number of aliphatic hydroxyl groups excluding tert-OH is 1. The van der Waals surface area contributed by atoms with Crippen LogP contribution >= 0.6 is 0 Å². The molecule has 0 radical (unpaired) electrons. The third kappa shape index (κ3) is 2.21. The van der Waals surface area contributed by atoms with Crippen molar-refractivity contribution in [2.75, 3.05) is 0 Å². The second-order valence-electron chi connectivity index (χ2n) is 7.37. The van der Waals surface area contributed by atoms with Crippen molar-refractivity contribution in [2.24, 2.45) is 4.99 Å². The predicted octanol–water partition coefficient (Wildman–Crippen LogP) is 4.22. The molecule has 5 rings (SSSR count). The van der Waals surface area contributed by atoms with Gasteiger partial charge < -0.3 is 14.6 Å². The summed E-state index contributed by atoms with van der Waals surface area (Å²) in [5, 5.41) is 12.0. The molecule has 0 saturated heterocycles. The lowest BCUT2D eigenvalue weighted by Crippen LogP contribution is -2.33. The molecule has 3 aliphatic rings. The van der Waals surface area contributed by atoms with Gasteiger partial charge in [-0.25, -0.2) is 4.99 Å². The maximum Gasteiger partial charge on any atom is 0.160 e. The Hall–Kier alpha value is -2.59. The number of aliphatic hydroxyl groups is 1. The fraction of sp³-hybridized carbons (Fsp3) is 0.286. The van der Waals surface area contributed by atoms with Crippen molar-refractivity contribution < 1.29 is 14.6 Å². The number of rotatable bonds is 0. The summed E-state index contributed by atoms with van der Waals surface area (Å²) in [7, 11) is 0. The summed E-state index contributed by atoms with van der Waals surface area (Å²) in [6.07, 6.45) is 6.39. The number of hydrogen-bond donors (Lipinski definition) is 1. The van der Waals surface area contributed by atoms with E-state index in [9.17, 15) is 5.11 Å². The van der Waals surface area contributed by atoms with Crippen LogP contribution in [0.25, 0.3) is 10.8 Å². The minimum absolute atomic E-state index is 0.198. The van der Waals surface area contributed by atoms with E-state index in [0.717, 1.165) is 52.1 Å². The Balaban J connectivity index is 1.82. The van der Waals surface area contributed by atoms with Crippen molar-refractivity contribution in [3.8, 4) is 11.5 Å². The molecule has 2 aromatic carbocycles. The molecule has 126 valence electrons. The average Bonchev–Trinajstić information content (AvgIpc) is 2.60. The maximum absolute atomic E-state index is 9.85. The van der Waals surface area contributed by atoms with Crippen LogP contribution in [-0.2, 0) is 6.42 Å². The van der Waals surface area contributed by atoms with Crippen LogP contribution in [0.15, 0.2) is 53.2 Å². The van der Waals surface area contributed by atoms with Gasteiger partial charge in [-0.2, -0.15) is 0 Å². The summed E-state index contributed by atoms with van der Waals surface area (Å²) in [4.78, 5) is 4.84. The minimum Gasteiger partial charge on any atom is -0.487 e. The average molecular weight is 333 g/mol. The Morgan fingerprint density at radius 3 is 2.80 bits per heavy atom. The van der Waals surface area contributed by atoms with Crippen LogP contribution in [0.1, 0.15) is 25.8 Å².